The van der Waals surface area contributed by atoms with Gasteiger partial charge in [-0.1, -0.05) is 0 Å². The molecule has 0 aliphatic heterocycles. The van der Waals surface area contributed by atoms with Crippen LogP contribution in [0.1, 0.15) is 0 Å². The van der Waals surface area contributed by atoms with Gasteiger partial charge in [0.1, 0.15) is 0 Å². The van der Waals surface area contributed by atoms with E-state index in [0.29, 0.717) is 0 Å². The first-order chi connectivity index (χ1) is 0. The Bertz CT molecular complexity index is 9.61. The summed E-state index contributed by atoms with van der Waals surface area (Å²) < 4.78 is 0. The average molecular weight is 458 g/mol. The molecule has 0 amide bonds. The van der Waals surface area contributed by atoms with Crippen LogP contribution in [0.15, 0.2) is 0 Å². The van der Waals surface area contributed by atoms with Crippen molar-refractivity contribution in [3.63, 3.8) is 0 Å². The van der Waals surface area contributed by atoms with Crippen LogP contribution in [0.5, 0.6) is 0 Å². The van der Waals surface area contributed by atoms with Crippen LogP contribution in [0.2, 0.25) is 0 Å². The molecule has 0 aliphatic rings. The first kappa shape index (κ1) is 36.4. The molecule has 0 heterocycles. The van der Waals surface area contributed by atoms with Crippen LogP contribution in [0.25, 0.3) is 0 Å². The van der Waals surface area contributed by atoms with Gasteiger partial charge in [-0.3, -0.25) is 0 Å². The van der Waals surface area contributed by atoms with E-state index in [2.05, 4.69) is 0 Å². The van der Waals surface area contributed by atoms with Crippen molar-refractivity contribution in [1.29, 1.82) is 0 Å². The summed E-state index contributed by atoms with van der Waals surface area (Å²) >= 11 is 0. The first-order valence-electron chi connectivity index (χ1n) is 0. The summed E-state index contributed by atoms with van der Waals surface area (Å²) in [5, 5.41) is 0. The quantitative estimate of drug-likeness (QED) is 0.448. The Morgan fingerprint density at radius 2 is 0.800 bits per heavy atom. The Hall–Kier alpha value is 3.92. The first-order valence-corrected chi connectivity index (χ1v) is 0. The zero-order valence-electron chi connectivity index (χ0n) is 2.45. The third-order valence-corrected chi connectivity index (χ3v) is 0. The van der Waals surface area contributed by atoms with Crippen molar-refractivity contribution in [2.45, 2.75) is 0 Å². The molecule has 0 bridgehead atoms. The second-order valence-corrected chi connectivity index (χ2v) is 0. The Morgan fingerprint density at radius 1 is 0.800 bits per heavy atom. The molecule has 0 aromatic rings. The minimum absolute atomic E-state index is 0. The fourth-order valence-electron chi connectivity index (χ4n) is 0. The Balaban J connectivity index is 0. The van der Waals surface area contributed by atoms with Crippen molar-refractivity contribution in [3.8, 4) is 0 Å². The Morgan fingerprint density at radius 3 is 0.800 bits per heavy atom. The molecule has 1 radical (unpaired) electrons. The van der Waals surface area contributed by atoms with Crippen LogP contribution in [0, 0.1) is 0 Å². The number of hydrogen-bond acceptors (Lipinski definition) is 0. The van der Waals surface area contributed by atoms with Crippen molar-refractivity contribution in [2.75, 3.05) is 0 Å². The molecule has 0 saturated heterocycles. The molecule has 0 rings (SSSR count). The zero-order chi connectivity index (χ0) is 0. The van der Waals surface area contributed by atoms with E-state index in [1.807, 2.05) is 0 Å². The van der Waals surface area contributed by atoms with Gasteiger partial charge in [-0.2, -0.15) is 0 Å². The van der Waals surface area contributed by atoms with Crippen LogP contribution in [0.4, 0.5) is 0 Å². The van der Waals surface area contributed by atoms with E-state index < -0.39 is 0 Å². The van der Waals surface area contributed by atoms with Gasteiger partial charge in [0, 0.05) is 118 Å². The van der Waals surface area contributed by atoms with E-state index in [9.17, 15) is 0 Å². The van der Waals surface area contributed by atoms with E-state index in [4.69, 9.17) is 0 Å². The molecule has 5 heavy (non-hydrogen) atoms. The van der Waals surface area contributed by atoms with Gasteiger partial charge >= 0.3 is 0 Å². The fourth-order valence-corrected chi connectivity index (χ4v) is 0. The molecular weight excluding hydrogens is 458 g/mol. The molecule has 0 unspecified atom stereocenters. The summed E-state index contributed by atoms with van der Waals surface area (Å²) in [6.07, 6.45) is 0. The van der Waals surface area contributed by atoms with E-state index >= 15 is 0 Å². The number of rotatable bonds is 0. The largest absolute Gasteiger partial charge is 0 e. The van der Waals surface area contributed by atoms with Crippen LogP contribution in [-0.4, -0.2) is 0 Å². The predicted octanol–water partition coefficient (Wildman–Crippen LogP) is -0.0125. The minimum atomic E-state index is 0. The second kappa shape index (κ2) is 24.7. The monoisotopic (exact) mass is 459 g/mol. The van der Waals surface area contributed by atoms with Gasteiger partial charge in [-0.15, -0.1) is 0 Å². The third-order valence-electron chi connectivity index (χ3n) is 0. The van der Waals surface area contributed by atoms with Crippen molar-refractivity contribution in [1.82, 2.24) is 0 Å². The molecule has 5 heteroatoms. The Labute approximate surface area is 115 Å². The van der Waals surface area contributed by atoms with Gasteiger partial charge in [0.15, 0.2) is 0 Å². The van der Waals surface area contributed by atoms with E-state index in [-0.39, 0.29) is 118 Å². The van der Waals surface area contributed by atoms with Crippen molar-refractivity contribution in [3.05, 3.63) is 0 Å². The topological polar surface area (TPSA) is 0 Å². The summed E-state index contributed by atoms with van der Waals surface area (Å²) in [5.74, 6) is 0. The molecule has 0 fully saturated rings. The summed E-state index contributed by atoms with van der Waals surface area (Å²) in [4.78, 5) is 0. The Kier molecular flexibility index (Phi) is 180. The minimum Gasteiger partial charge on any atom is 0 e. The van der Waals surface area contributed by atoms with Gasteiger partial charge < -0.3 is 0 Å². The van der Waals surface area contributed by atoms with E-state index in [1.54, 1.807) is 0 Å². The van der Waals surface area contributed by atoms with E-state index in [1.165, 1.54) is 0 Å². The van der Waals surface area contributed by atoms with Gasteiger partial charge in [-0.25, -0.2) is 0 Å². The number of hydrogen-bond donors (Lipinski definition) is 0. The molecule has 0 saturated carbocycles. The molecule has 0 atom stereocenters. The zero-order valence-corrected chi connectivity index (χ0v) is 13.8. The van der Waals surface area contributed by atoms with Gasteiger partial charge in [0.05, 0.1) is 0 Å². The maximum absolute atomic E-state index is 0. The maximum Gasteiger partial charge on any atom is 0 e. The summed E-state index contributed by atoms with van der Waals surface area (Å²) in [5.41, 5.74) is 0. The summed E-state index contributed by atoms with van der Waals surface area (Å²) in [6.45, 7) is 0. The van der Waals surface area contributed by atoms with Gasteiger partial charge in [0.2, 0.25) is 0 Å². The standard InChI is InChI=1S/Hf.Nb.2Ti.Zr. The van der Waals surface area contributed by atoms with Crippen LogP contribution in [-0.2, 0) is 118 Å². The predicted molar refractivity (Wildman–Crippen MR) is 0 cm³/mol. The normalized spacial score (nSPS) is 0. The molecule has 21 valence electrons. The molecule has 0 spiro atoms. The maximum atomic E-state index is 0. The fraction of sp³-hybridized carbons (Fsp3) is 0. The van der Waals surface area contributed by atoms with Crippen LogP contribution >= 0.6 is 0 Å². The molecule has 0 nitrogen and oxygen atoms in total. The van der Waals surface area contributed by atoms with Gasteiger partial charge in [-0.05, 0) is 0 Å². The van der Waals surface area contributed by atoms with Crippen molar-refractivity contribution < 1.29 is 118 Å². The SMILES string of the molecule is [Hf].[Nb].[Ti].[Ti].[Zr]. The molecular formula is HfNbTi2Zr. The van der Waals surface area contributed by atoms with Crippen LogP contribution in [0.3, 0.4) is 0 Å². The molecule has 0 N–H and O–H groups in total. The molecule has 0 aliphatic carbocycles. The second-order valence-electron chi connectivity index (χ2n) is 0. The van der Waals surface area contributed by atoms with Crippen molar-refractivity contribution in [2.24, 2.45) is 0 Å². The summed E-state index contributed by atoms with van der Waals surface area (Å²) in [7, 11) is 0. The average Bonchev–Trinajstić information content (AvgIpc) is 0. The van der Waals surface area contributed by atoms with Crippen LogP contribution < -0.4 is 0 Å². The third kappa shape index (κ3) is 18.1. The molecule has 0 aromatic heterocycles. The van der Waals surface area contributed by atoms with Crippen molar-refractivity contribution >= 4 is 0 Å². The van der Waals surface area contributed by atoms with Gasteiger partial charge in [0.25, 0.3) is 0 Å². The molecule has 0 aromatic carbocycles. The summed E-state index contributed by atoms with van der Waals surface area (Å²) in [6, 6.07) is 0. The van der Waals surface area contributed by atoms with E-state index in [0.717, 1.165) is 0 Å². The smallest absolute Gasteiger partial charge is 0 e.